The minimum Gasteiger partial charge on any atom is -0.388 e. The maximum Gasteiger partial charge on any atom is 0.0815 e. The van der Waals surface area contributed by atoms with Gasteiger partial charge in [-0.3, -0.25) is 0 Å². The van der Waals surface area contributed by atoms with Crippen molar-refractivity contribution >= 4 is 22.6 Å². The molecule has 0 aromatic rings. The number of allylic oxidation sites excluding steroid dienone is 1. The van der Waals surface area contributed by atoms with Crippen molar-refractivity contribution in [1.82, 2.24) is 0 Å². The Kier molecular flexibility index (Phi) is 7.38. The number of hydrogen-bond donors (Lipinski definition) is 1. The maximum atomic E-state index is 9.10. The minimum atomic E-state index is -0.280. The summed E-state index contributed by atoms with van der Waals surface area (Å²) in [6, 6.07) is 0. The Morgan fingerprint density at radius 3 is 2.64 bits per heavy atom. The second kappa shape index (κ2) is 7.10. The van der Waals surface area contributed by atoms with Crippen LogP contribution in [0, 0.1) is 0 Å². The second-order valence-electron chi connectivity index (χ2n) is 2.76. The first kappa shape index (κ1) is 11.4. The molecular formula is C9H17IO. The van der Waals surface area contributed by atoms with Gasteiger partial charge in [0.05, 0.1) is 6.10 Å². The van der Waals surface area contributed by atoms with E-state index in [0.717, 1.165) is 10.0 Å². The van der Waals surface area contributed by atoms with E-state index >= 15 is 0 Å². The van der Waals surface area contributed by atoms with Crippen LogP contribution in [-0.4, -0.2) is 11.2 Å². The Morgan fingerprint density at radius 2 is 2.18 bits per heavy atom. The molecule has 1 N–H and O–H groups in total. The molecule has 1 atom stereocenters. The first-order chi connectivity index (χ1) is 5.18. The fourth-order valence-electron chi connectivity index (χ4n) is 0.805. The van der Waals surface area contributed by atoms with Crippen LogP contribution >= 0.6 is 22.6 Å². The quantitative estimate of drug-likeness (QED) is 0.599. The Bertz CT molecular complexity index is 119. The minimum absolute atomic E-state index is 0.280. The summed E-state index contributed by atoms with van der Waals surface area (Å²) in [5.74, 6) is 0. The molecule has 0 bridgehead atoms. The monoisotopic (exact) mass is 268 g/mol. The zero-order valence-corrected chi connectivity index (χ0v) is 9.47. The summed E-state index contributed by atoms with van der Waals surface area (Å²) in [5, 5.41) is 9.10. The molecule has 2 heteroatoms. The molecule has 11 heavy (non-hydrogen) atoms. The smallest absolute Gasteiger partial charge is 0.0815 e. The van der Waals surface area contributed by atoms with Gasteiger partial charge in [0.25, 0.3) is 0 Å². The van der Waals surface area contributed by atoms with Crippen molar-refractivity contribution in [2.45, 2.75) is 45.6 Å². The second-order valence-corrected chi connectivity index (χ2v) is 4.01. The van der Waals surface area contributed by atoms with Crippen LogP contribution < -0.4 is 0 Å². The van der Waals surface area contributed by atoms with E-state index in [1.54, 1.807) is 6.92 Å². The van der Waals surface area contributed by atoms with E-state index in [-0.39, 0.29) is 6.10 Å². The molecule has 0 aliphatic heterocycles. The molecular weight excluding hydrogens is 251 g/mol. The topological polar surface area (TPSA) is 20.2 Å². The van der Waals surface area contributed by atoms with E-state index in [1.807, 2.05) is 0 Å². The Morgan fingerprint density at radius 1 is 1.55 bits per heavy atom. The van der Waals surface area contributed by atoms with Gasteiger partial charge in [0, 0.05) is 3.58 Å². The predicted octanol–water partition coefficient (Wildman–Crippen LogP) is 3.27. The summed E-state index contributed by atoms with van der Waals surface area (Å²) in [5.41, 5.74) is 0. The van der Waals surface area contributed by atoms with E-state index in [0.29, 0.717) is 0 Å². The molecule has 0 radical (unpaired) electrons. The fraction of sp³-hybridized carbons (Fsp3) is 0.778. The fourth-order valence-corrected chi connectivity index (χ4v) is 1.12. The lowest BCUT2D eigenvalue weighted by Crippen LogP contribution is -1.97. The first-order valence-corrected chi connectivity index (χ1v) is 5.30. The van der Waals surface area contributed by atoms with Gasteiger partial charge in [-0.2, -0.15) is 0 Å². The van der Waals surface area contributed by atoms with Crippen molar-refractivity contribution in [1.29, 1.82) is 0 Å². The molecule has 0 fully saturated rings. The molecule has 0 amide bonds. The molecule has 0 aliphatic rings. The number of aliphatic hydroxyl groups is 1. The summed E-state index contributed by atoms with van der Waals surface area (Å²) in [7, 11) is 0. The third-order valence-electron chi connectivity index (χ3n) is 1.55. The average molecular weight is 268 g/mol. The normalized spacial score (nSPS) is 15.1. The van der Waals surface area contributed by atoms with Gasteiger partial charge in [0.2, 0.25) is 0 Å². The van der Waals surface area contributed by atoms with Gasteiger partial charge in [-0.05, 0) is 42.4 Å². The highest BCUT2D eigenvalue weighted by atomic mass is 127. The molecule has 66 valence electrons. The Labute approximate surface area is 83.0 Å². The molecule has 0 saturated carbocycles. The van der Waals surface area contributed by atoms with Crippen LogP contribution in [0.25, 0.3) is 0 Å². The summed E-state index contributed by atoms with van der Waals surface area (Å²) in [6.45, 7) is 4.00. The largest absolute Gasteiger partial charge is 0.388 e. The number of halogens is 1. The van der Waals surface area contributed by atoms with Gasteiger partial charge in [0.1, 0.15) is 0 Å². The van der Waals surface area contributed by atoms with Crippen molar-refractivity contribution in [3.8, 4) is 0 Å². The number of unbranched alkanes of at least 4 members (excludes halogenated alkanes) is 3. The van der Waals surface area contributed by atoms with E-state index in [2.05, 4.69) is 35.6 Å². The Balaban J connectivity index is 3.40. The molecule has 0 aromatic heterocycles. The van der Waals surface area contributed by atoms with Crippen molar-refractivity contribution in [3.05, 3.63) is 9.66 Å². The molecule has 0 rings (SSSR count). The number of hydrogen-bond acceptors (Lipinski definition) is 1. The molecule has 0 saturated heterocycles. The number of rotatable bonds is 5. The van der Waals surface area contributed by atoms with Crippen LogP contribution in [0.4, 0.5) is 0 Å². The summed E-state index contributed by atoms with van der Waals surface area (Å²) >= 11 is 2.19. The van der Waals surface area contributed by atoms with Crippen LogP contribution in [0.5, 0.6) is 0 Å². The third kappa shape index (κ3) is 6.81. The average Bonchev–Trinajstić information content (AvgIpc) is 1.97. The van der Waals surface area contributed by atoms with Gasteiger partial charge < -0.3 is 5.11 Å². The maximum absolute atomic E-state index is 9.10. The summed E-state index contributed by atoms with van der Waals surface area (Å²) in [4.78, 5) is 0. The highest BCUT2D eigenvalue weighted by molar-refractivity contribution is 14.1. The lowest BCUT2D eigenvalue weighted by molar-refractivity contribution is 0.242. The molecule has 0 spiro atoms. The van der Waals surface area contributed by atoms with Gasteiger partial charge in [-0.25, -0.2) is 0 Å². The highest BCUT2D eigenvalue weighted by Gasteiger charge is 1.97. The lowest BCUT2D eigenvalue weighted by atomic mass is 10.2. The molecule has 1 nitrogen and oxygen atoms in total. The predicted molar refractivity (Wildman–Crippen MR) is 57.9 cm³/mol. The van der Waals surface area contributed by atoms with Crippen LogP contribution in [0.15, 0.2) is 9.66 Å². The SMILES string of the molecule is CCCCC/C=C(\I)[C@H](C)O. The standard InChI is InChI=1S/C9H17IO/c1-3-4-5-6-7-9(10)8(2)11/h7-8,11H,3-6H2,1-2H3/b9-7-/t8-/m0/s1. The van der Waals surface area contributed by atoms with Crippen molar-refractivity contribution in [2.24, 2.45) is 0 Å². The van der Waals surface area contributed by atoms with E-state index in [4.69, 9.17) is 5.11 Å². The molecule has 0 aliphatic carbocycles. The lowest BCUT2D eigenvalue weighted by Gasteiger charge is -2.01. The van der Waals surface area contributed by atoms with E-state index in [9.17, 15) is 0 Å². The van der Waals surface area contributed by atoms with Crippen LogP contribution in [0.1, 0.15) is 39.5 Å². The van der Waals surface area contributed by atoms with E-state index < -0.39 is 0 Å². The van der Waals surface area contributed by atoms with E-state index in [1.165, 1.54) is 19.3 Å². The van der Waals surface area contributed by atoms with Gasteiger partial charge in [-0.15, -0.1) is 0 Å². The highest BCUT2D eigenvalue weighted by Crippen LogP contribution is 2.13. The zero-order valence-electron chi connectivity index (χ0n) is 7.31. The molecule has 0 unspecified atom stereocenters. The third-order valence-corrected chi connectivity index (χ3v) is 2.89. The van der Waals surface area contributed by atoms with Crippen LogP contribution in [-0.2, 0) is 0 Å². The Hall–Kier alpha value is 0.430. The zero-order chi connectivity index (χ0) is 8.69. The van der Waals surface area contributed by atoms with Crippen LogP contribution in [0.3, 0.4) is 0 Å². The van der Waals surface area contributed by atoms with Crippen LogP contribution in [0.2, 0.25) is 0 Å². The van der Waals surface area contributed by atoms with Gasteiger partial charge in [0.15, 0.2) is 0 Å². The number of aliphatic hydroxyl groups excluding tert-OH is 1. The summed E-state index contributed by atoms with van der Waals surface area (Å²) in [6.07, 6.45) is 6.75. The van der Waals surface area contributed by atoms with Gasteiger partial charge >= 0.3 is 0 Å². The van der Waals surface area contributed by atoms with Crippen molar-refractivity contribution < 1.29 is 5.11 Å². The first-order valence-electron chi connectivity index (χ1n) is 4.22. The molecule has 0 heterocycles. The molecule has 0 aromatic carbocycles. The van der Waals surface area contributed by atoms with Gasteiger partial charge in [-0.1, -0.05) is 25.8 Å². The van der Waals surface area contributed by atoms with Crippen molar-refractivity contribution in [3.63, 3.8) is 0 Å². The summed E-state index contributed by atoms with van der Waals surface area (Å²) < 4.78 is 1.07. The van der Waals surface area contributed by atoms with Crippen molar-refractivity contribution in [2.75, 3.05) is 0 Å².